The second kappa shape index (κ2) is 21.2. The summed E-state index contributed by atoms with van der Waals surface area (Å²) in [5, 5.41) is 0. The highest BCUT2D eigenvalue weighted by molar-refractivity contribution is 7.81. The van der Waals surface area contributed by atoms with Crippen LogP contribution in [0.25, 0.3) is 0 Å². The summed E-state index contributed by atoms with van der Waals surface area (Å²) in [6.07, 6.45) is 19.8. The van der Waals surface area contributed by atoms with Gasteiger partial charge in [0.2, 0.25) is 0 Å². The maximum atomic E-state index is 12.1. The smallest absolute Gasteiger partial charge is 0.248 e. The molecule has 0 radical (unpaired) electrons. The number of unbranched alkanes of at least 4 members (excludes halogenated alkanes) is 8. The van der Waals surface area contributed by atoms with Crippen LogP contribution in [0.1, 0.15) is 144 Å². The van der Waals surface area contributed by atoms with Crippen molar-refractivity contribution in [2.45, 2.75) is 144 Å². The zero-order chi connectivity index (χ0) is 25.0. The van der Waals surface area contributed by atoms with Crippen LogP contribution in [0.2, 0.25) is 0 Å². The van der Waals surface area contributed by atoms with Crippen molar-refractivity contribution in [3.05, 3.63) is 0 Å². The van der Waals surface area contributed by atoms with E-state index in [-0.39, 0.29) is 25.0 Å². The third kappa shape index (κ3) is 22.1. The zero-order valence-electron chi connectivity index (χ0n) is 23.1. The van der Waals surface area contributed by atoms with Gasteiger partial charge >= 0.3 is 10.4 Å². The normalized spacial score (nSPS) is 15.9. The minimum absolute atomic E-state index is 0.224. The lowest BCUT2D eigenvalue weighted by Gasteiger charge is -2.14. The van der Waals surface area contributed by atoms with Crippen molar-refractivity contribution < 1.29 is 16.8 Å². The van der Waals surface area contributed by atoms with E-state index in [9.17, 15) is 8.42 Å². The van der Waals surface area contributed by atoms with Crippen LogP contribution in [-0.4, -0.2) is 21.6 Å². The molecule has 0 amide bonds. The lowest BCUT2D eigenvalue weighted by atomic mass is 9.99. The molecular weight excluding hydrogens is 432 g/mol. The highest BCUT2D eigenvalue weighted by Crippen LogP contribution is 2.18. The summed E-state index contributed by atoms with van der Waals surface area (Å²) in [5.41, 5.74) is 0. The van der Waals surface area contributed by atoms with E-state index in [4.69, 9.17) is 8.37 Å². The lowest BCUT2D eigenvalue weighted by Crippen LogP contribution is -2.18. The van der Waals surface area contributed by atoms with Crippen molar-refractivity contribution in [1.29, 1.82) is 0 Å². The van der Waals surface area contributed by atoms with Crippen LogP contribution in [-0.2, 0) is 18.8 Å². The van der Waals surface area contributed by atoms with Gasteiger partial charge < -0.3 is 0 Å². The van der Waals surface area contributed by atoms with Crippen LogP contribution >= 0.6 is 0 Å². The Morgan fingerprint density at radius 1 is 0.485 bits per heavy atom. The van der Waals surface area contributed by atoms with Gasteiger partial charge in [-0.2, -0.15) is 8.42 Å². The molecule has 4 nitrogen and oxygen atoms in total. The first-order chi connectivity index (χ1) is 15.7. The molecule has 0 bridgehead atoms. The molecule has 5 heteroatoms. The summed E-state index contributed by atoms with van der Waals surface area (Å²) < 4.78 is 34.4. The molecule has 0 N–H and O–H groups in total. The Balaban J connectivity index is 3.69. The Labute approximate surface area is 208 Å². The molecule has 0 aliphatic carbocycles. The minimum Gasteiger partial charge on any atom is -0.248 e. The molecule has 4 atom stereocenters. The van der Waals surface area contributed by atoms with Gasteiger partial charge in [-0.1, -0.05) is 131 Å². The molecule has 0 aliphatic heterocycles. The van der Waals surface area contributed by atoms with Gasteiger partial charge in [-0.15, -0.1) is 0 Å². The van der Waals surface area contributed by atoms with Crippen molar-refractivity contribution in [2.75, 3.05) is 13.2 Å². The lowest BCUT2D eigenvalue weighted by molar-refractivity contribution is 0.170. The van der Waals surface area contributed by atoms with Gasteiger partial charge in [0.05, 0.1) is 13.2 Å². The molecule has 0 aromatic heterocycles. The van der Waals surface area contributed by atoms with Crippen molar-refractivity contribution in [3.8, 4) is 0 Å². The van der Waals surface area contributed by atoms with Crippen LogP contribution in [0, 0.1) is 23.7 Å². The second-order valence-corrected chi connectivity index (χ2v) is 12.2. The van der Waals surface area contributed by atoms with E-state index < -0.39 is 10.4 Å². The Hall–Kier alpha value is -0.130. The molecule has 4 unspecified atom stereocenters. The standard InChI is InChI=1S/C28H58O4S/c1-7-25(3)19-15-11-9-13-17-21-27(5)23-31-33(29,30)32-24-28(6)22-18-14-10-12-16-20-26(4)8-2/h25-28H,7-24H2,1-6H3. The van der Waals surface area contributed by atoms with Gasteiger partial charge in [-0.3, -0.25) is 0 Å². The van der Waals surface area contributed by atoms with Crippen molar-refractivity contribution >= 4 is 10.4 Å². The molecule has 0 fully saturated rings. The molecule has 0 saturated heterocycles. The van der Waals surface area contributed by atoms with E-state index >= 15 is 0 Å². The fraction of sp³-hybridized carbons (Fsp3) is 1.00. The first kappa shape index (κ1) is 32.9. The summed E-state index contributed by atoms with van der Waals surface area (Å²) in [5.74, 6) is 2.18. The Kier molecular flexibility index (Phi) is 21.1. The highest BCUT2D eigenvalue weighted by Gasteiger charge is 2.16. The first-order valence-corrected chi connectivity index (χ1v) is 15.6. The SMILES string of the molecule is CCC(C)CCCCCCCC(C)COS(=O)(=O)OCC(C)CCCCCCCC(C)CC. The maximum absolute atomic E-state index is 12.1. The van der Waals surface area contributed by atoms with E-state index in [2.05, 4.69) is 41.5 Å². The summed E-state index contributed by atoms with van der Waals surface area (Å²) in [6.45, 7) is 13.8. The van der Waals surface area contributed by atoms with Gasteiger partial charge in [-0.25, -0.2) is 8.37 Å². The van der Waals surface area contributed by atoms with Crippen molar-refractivity contribution in [1.82, 2.24) is 0 Å². The summed E-state index contributed by atoms with van der Waals surface area (Å²) >= 11 is 0. The summed E-state index contributed by atoms with van der Waals surface area (Å²) in [4.78, 5) is 0. The van der Waals surface area contributed by atoms with Gasteiger partial charge in [-0.05, 0) is 36.5 Å². The minimum atomic E-state index is -3.88. The van der Waals surface area contributed by atoms with E-state index in [1.807, 2.05) is 0 Å². The molecule has 0 aromatic carbocycles. The molecule has 0 spiro atoms. The fourth-order valence-corrected chi connectivity index (χ4v) is 4.91. The number of hydrogen-bond acceptors (Lipinski definition) is 4. The zero-order valence-corrected chi connectivity index (χ0v) is 23.9. The van der Waals surface area contributed by atoms with Crippen LogP contribution < -0.4 is 0 Å². The summed E-state index contributed by atoms with van der Waals surface area (Å²) in [6, 6.07) is 0. The molecule has 0 aromatic rings. The Morgan fingerprint density at radius 2 is 0.758 bits per heavy atom. The number of rotatable bonds is 24. The van der Waals surface area contributed by atoms with Crippen LogP contribution in [0.4, 0.5) is 0 Å². The first-order valence-electron chi connectivity index (χ1n) is 14.2. The maximum Gasteiger partial charge on any atom is 0.399 e. The molecule has 0 saturated carbocycles. The largest absolute Gasteiger partial charge is 0.399 e. The molecular formula is C28H58O4S. The van der Waals surface area contributed by atoms with Gasteiger partial charge in [0.1, 0.15) is 0 Å². The van der Waals surface area contributed by atoms with Crippen LogP contribution in [0.3, 0.4) is 0 Å². The Bertz CT molecular complexity index is 480. The molecule has 200 valence electrons. The van der Waals surface area contributed by atoms with Crippen molar-refractivity contribution in [2.24, 2.45) is 23.7 Å². The van der Waals surface area contributed by atoms with Gasteiger partial charge in [0.25, 0.3) is 0 Å². The molecule has 0 aliphatic rings. The average molecular weight is 491 g/mol. The summed E-state index contributed by atoms with van der Waals surface area (Å²) in [7, 11) is -3.88. The van der Waals surface area contributed by atoms with E-state index in [1.54, 1.807) is 0 Å². The quantitative estimate of drug-likeness (QED) is 0.127. The van der Waals surface area contributed by atoms with E-state index in [0.717, 1.165) is 37.5 Å². The average Bonchev–Trinajstić information content (AvgIpc) is 2.79. The number of hydrogen-bond donors (Lipinski definition) is 0. The van der Waals surface area contributed by atoms with E-state index in [0.29, 0.717) is 0 Å². The monoisotopic (exact) mass is 490 g/mol. The van der Waals surface area contributed by atoms with Crippen LogP contribution in [0.15, 0.2) is 0 Å². The topological polar surface area (TPSA) is 52.6 Å². The van der Waals surface area contributed by atoms with E-state index in [1.165, 1.54) is 77.0 Å². The predicted molar refractivity (Wildman–Crippen MR) is 143 cm³/mol. The fourth-order valence-electron chi connectivity index (χ4n) is 4.04. The third-order valence-corrected chi connectivity index (χ3v) is 8.02. The van der Waals surface area contributed by atoms with Gasteiger partial charge in [0.15, 0.2) is 0 Å². The molecule has 0 heterocycles. The molecule has 0 rings (SSSR count). The predicted octanol–water partition coefficient (Wildman–Crippen LogP) is 9.09. The van der Waals surface area contributed by atoms with Crippen molar-refractivity contribution in [3.63, 3.8) is 0 Å². The third-order valence-electron chi connectivity index (χ3n) is 7.18. The highest BCUT2D eigenvalue weighted by atomic mass is 32.3. The Morgan fingerprint density at radius 3 is 1.06 bits per heavy atom. The van der Waals surface area contributed by atoms with Gasteiger partial charge in [0, 0.05) is 0 Å². The molecule has 33 heavy (non-hydrogen) atoms. The second-order valence-electron chi connectivity index (χ2n) is 10.9. The van der Waals surface area contributed by atoms with Crippen LogP contribution in [0.5, 0.6) is 0 Å².